The Balaban J connectivity index is 1.50. The van der Waals surface area contributed by atoms with Gasteiger partial charge in [-0.05, 0) is 67.3 Å². The molecule has 1 aromatic heterocycles. The third-order valence-electron chi connectivity index (χ3n) is 6.51. The number of phenols is 1. The third-order valence-corrected chi connectivity index (χ3v) is 7.97. The van der Waals surface area contributed by atoms with Crippen LogP contribution in [0.2, 0.25) is 0 Å². The number of sulfonamides is 1. The lowest BCUT2D eigenvalue weighted by molar-refractivity contribution is -0.140. The topological polar surface area (TPSA) is 163 Å². The molecule has 0 aliphatic heterocycles. The molecular weight excluding hydrogens is 536 g/mol. The molecule has 0 saturated heterocycles. The van der Waals surface area contributed by atoms with Crippen molar-refractivity contribution >= 4 is 44.3 Å². The first kappa shape index (κ1) is 28.5. The first-order valence-electron chi connectivity index (χ1n) is 12.3. The maximum Gasteiger partial charge on any atom is 0.322 e. The lowest BCUT2D eigenvalue weighted by Gasteiger charge is -2.18. The number of ketones is 1. The van der Waals surface area contributed by atoms with Gasteiger partial charge in [-0.25, -0.2) is 8.42 Å². The lowest BCUT2D eigenvalue weighted by atomic mass is 10.0. The van der Waals surface area contributed by atoms with Gasteiger partial charge in [-0.1, -0.05) is 38.1 Å². The zero-order valence-corrected chi connectivity index (χ0v) is 23.0. The van der Waals surface area contributed by atoms with Crippen LogP contribution in [0.15, 0.2) is 70.0 Å². The van der Waals surface area contributed by atoms with Crippen molar-refractivity contribution in [1.82, 2.24) is 4.72 Å². The van der Waals surface area contributed by atoms with E-state index >= 15 is 0 Å². The third kappa shape index (κ3) is 5.61. The van der Waals surface area contributed by atoms with Crippen molar-refractivity contribution in [1.29, 1.82) is 0 Å². The maximum atomic E-state index is 12.9. The van der Waals surface area contributed by atoms with Crippen molar-refractivity contribution in [3.8, 4) is 16.9 Å². The summed E-state index contributed by atoms with van der Waals surface area (Å²) in [4.78, 5) is 36.0. The van der Waals surface area contributed by atoms with Crippen LogP contribution < -0.4 is 10.0 Å². The predicted molar refractivity (Wildman–Crippen MR) is 149 cm³/mol. The van der Waals surface area contributed by atoms with Crippen LogP contribution in [0.1, 0.15) is 47.2 Å². The molecule has 3 aromatic carbocycles. The fourth-order valence-electron chi connectivity index (χ4n) is 4.29. The molecule has 4 rings (SSSR count). The van der Waals surface area contributed by atoms with Gasteiger partial charge in [-0.15, -0.1) is 0 Å². The first-order chi connectivity index (χ1) is 18.8. The smallest absolute Gasteiger partial charge is 0.322 e. The minimum Gasteiger partial charge on any atom is -0.506 e. The molecule has 1 atom stereocenters. The second-order valence-corrected chi connectivity index (χ2v) is 11.4. The standard InChI is InChI=1S/C29H28N2O8S/c1-15(2)25(29(35)36)31-40(37,38)21-11-7-19(8-12-21)18-5-9-20(10-6-18)30-28(34)27-16(3)24-23(39-27)14-13-22(17(4)32)26(24)33/h5-15,25,31,33H,1-4H3,(H,30,34)(H,35,36)/t25-/m0/s1. The van der Waals surface area contributed by atoms with E-state index in [1.54, 1.807) is 57.2 Å². The number of aromatic hydroxyl groups is 1. The Morgan fingerprint density at radius 2 is 1.48 bits per heavy atom. The Morgan fingerprint density at radius 3 is 2.00 bits per heavy atom. The van der Waals surface area contributed by atoms with Gasteiger partial charge in [0.15, 0.2) is 11.5 Å². The van der Waals surface area contributed by atoms with E-state index in [2.05, 4.69) is 10.0 Å². The number of hydrogen-bond donors (Lipinski definition) is 4. The normalized spacial score (nSPS) is 12.4. The summed E-state index contributed by atoms with van der Waals surface area (Å²) in [5, 5.41) is 22.8. The average Bonchev–Trinajstić information content (AvgIpc) is 3.24. The molecular formula is C29H28N2O8S. The van der Waals surface area contributed by atoms with Crippen LogP contribution in [0.4, 0.5) is 5.69 Å². The van der Waals surface area contributed by atoms with Gasteiger partial charge >= 0.3 is 5.97 Å². The number of nitrogens with one attached hydrogen (secondary N) is 2. The van der Waals surface area contributed by atoms with Crippen LogP contribution in [-0.4, -0.2) is 42.3 Å². The number of carboxylic acids is 1. The number of amides is 1. The van der Waals surface area contributed by atoms with Gasteiger partial charge in [0.05, 0.1) is 15.8 Å². The Morgan fingerprint density at radius 1 is 0.900 bits per heavy atom. The fourth-order valence-corrected chi connectivity index (χ4v) is 5.63. The zero-order chi connectivity index (χ0) is 29.4. The van der Waals surface area contributed by atoms with E-state index in [9.17, 15) is 33.0 Å². The van der Waals surface area contributed by atoms with Gasteiger partial charge in [0, 0.05) is 11.3 Å². The summed E-state index contributed by atoms with van der Waals surface area (Å²) in [6.07, 6.45) is 0. The SMILES string of the molecule is CC(=O)c1ccc2oc(C(=O)Nc3ccc(-c4ccc(S(=O)(=O)N[C@H](C(=O)O)C(C)C)cc4)cc3)c(C)c2c1O. The number of aryl methyl sites for hydroxylation is 1. The summed E-state index contributed by atoms with van der Waals surface area (Å²) in [7, 11) is -4.04. The second-order valence-electron chi connectivity index (χ2n) is 9.68. The summed E-state index contributed by atoms with van der Waals surface area (Å²) >= 11 is 0. The Bertz CT molecular complexity index is 1720. The van der Waals surface area contributed by atoms with Crippen LogP contribution in [0, 0.1) is 12.8 Å². The number of fused-ring (bicyclic) bond motifs is 1. The molecule has 0 saturated carbocycles. The van der Waals surface area contributed by atoms with Crippen molar-refractivity contribution in [2.24, 2.45) is 5.92 Å². The molecule has 0 bridgehead atoms. The van der Waals surface area contributed by atoms with E-state index < -0.39 is 33.9 Å². The summed E-state index contributed by atoms with van der Waals surface area (Å²) in [5.74, 6) is -2.76. The van der Waals surface area contributed by atoms with Gasteiger partial charge in [-0.3, -0.25) is 14.4 Å². The number of furan rings is 1. The first-order valence-corrected chi connectivity index (χ1v) is 13.8. The monoisotopic (exact) mass is 564 g/mol. The highest BCUT2D eigenvalue weighted by atomic mass is 32.2. The quantitative estimate of drug-likeness (QED) is 0.207. The van der Waals surface area contributed by atoms with E-state index in [4.69, 9.17) is 4.42 Å². The highest BCUT2D eigenvalue weighted by molar-refractivity contribution is 7.89. The molecule has 0 fully saturated rings. The van der Waals surface area contributed by atoms with Gasteiger partial charge in [0.25, 0.3) is 5.91 Å². The Kier molecular flexibility index (Phi) is 7.81. The summed E-state index contributed by atoms with van der Waals surface area (Å²) < 4.78 is 33.2. The Labute approximate surface area is 230 Å². The van der Waals surface area contributed by atoms with E-state index in [0.29, 0.717) is 22.2 Å². The zero-order valence-electron chi connectivity index (χ0n) is 22.2. The largest absolute Gasteiger partial charge is 0.506 e. The van der Waals surface area contributed by atoms with Crippen LogP contribution in [0.3, 0.4) is 0 Å². The summed E-state index contributed by atoms with van der Waals surface area (Å²) in [6, 6.07) is 14.5. The maximum absolute atomic E-state index is 12.9. The number of hydrogen-bond acceptors (Lipinski definition) is 7. The van der Waals surface area contributed by atoms with Crippen molar-refractivity contribution in [3.63, 3.8) is 0 Å². The van der Waals surface area contributed by atoms with E-state index in [1.165, 1.54) is 31.2 Å². The van der Waals surface area contributed by atoms with Crippen LogP contribution in [0.5, 0.6) is 5.75 Å². The van der Waals surface area contributed by atoms with Crippen LogP contribution >= 0.6 is 0 Å². The molecule has 0 spiro atoms. The highest BCUT2D eigenvalue weighted by Gasteiger charge is 2.28. The van der Waals surface area contributed by atoms with Crippen LogP contribution in [-0.2, 0) is 14.8 Å². The molecule has 1 heterocycles. The predicted octanol–water partition coefficient (Wildman–Crippen LogP) is 4.96. The fraction of sp³-hybridized carbons (Fsp3) is 0.207. The number of carbonyl (C=O) groups excluding carboxylic acids is 2. The number of benzene rings is 3. The minimum atomic E-state index is -4.04. The van der Waals surface area contributed by atoms with Gasteiger partial charge in [0.2, 0.25) is 10.0 Å². The molecule has 10 nitrogen and oxygen atoms in total. The van der Waals surface area contributed by atoms with Crippen molar-refractivity contribution in [3.05, 3.63) is 77.6 Å². The minimum absolute atomic E-state index is 0.00286. The van der Waals surface area contributed by atoms with Gasteiger partial charge in [0.1, 0.15) is 17.4 Å². The molecule has 11 heteroatoms. The molecule has 0 radical (unpaired) electrons. The molecule has 0 unspecified atom stereocenters. The van der Waals surface area contributed by atoms with Crippen molar-refractivity contribution in [2.75, 3.05) is 5.32 Å². The lowest BCUT2D eigenvalue weighted by Crippen LogP contribution is -2.44. The number of carbonyl (C=O) groups is 3. The number of aliphatic carboxylic acids is 1. The van der Waals surface area contributed by atoms with Crippen molar-refractivity contribution in [2.45, 2.75) is 38.6 Å². The summed E-state index contributed by atoms with van der Waals surface area (Å²) in [5.41, 5.74) is 2.75. The Hall–Kier alpha value is -4.48. The molecule has 4 N–H and O–H groups in total. The molecule has 40 heavy (non-hydrogen) atoms. The molecule has 4 aromatic rings. The van der Waals surface area contributed by atoms with E-state index in [1.807, 2.05) is 0 Å². The number of Topliss-reactive ketones (excluding diaryl/α,β-unsaturated/α-hetero) is 1. The van der Waals surface area contributed by atoms with E-state index in [0.717, 1.165) is 5.56 Å². The highest BCUT2D eigenvalue weighted by Crippen LogP contribution is 2.35. The number of carboxylic acid groups (broad SMARTS) is 1. The molecule has 1 amide bonds. The van der Waals surface area contributed by atoms with Gasteiger partial charge < -0.3 is 19.9 Å². The van der Waals surface area contributed by atoms with Gasteiger partial charge in [-0.2, -0.15) is 4.72 Å². The average molecular weight is 565 g/mol. The molecule has 208 valence electrons. The second kappa shape index (κ2) is 10.9. The summed E-state index contributed by atoms with van der Waals surface area (Å²) in [6.45, 7) is 6.19. The van der Waals surface area contributed by atoms with Crippen molar-refractivity contribution < 1.29 is 37.4 Å². The van der Waals surface area contributed by atoms with Crippen LogP contribution in [0.25, 0.3) is 22.1 Å². The number of rotatable bonds is 9. The van der Waals surface area contributed by atoms with E-state index in [-0.39, 0.29) is 33.3 Å². The molecule has 0 aliphatic carbocycles. The number of anilines is 1. The number of phenolic OH excluding ortho intramolecular Hbond substituents is 1. The molecule has 0 aliphatic rings.